The fraction of sp³-hybridized carbons (Fsp3) is 0.0909. The third kappa shape index (κ3) is 2.22. The molecule has 2 aromatic heterocycles. The number of hydrogen-bond acceptors (Lipinski definition) is 2. The summed E-state index contributed by atoms with van der Waals surface area (Å²) in [6, 6.07) is 7.42. The monoisotopic (exact) mass is 202 g/mol. The number of nitrogens with zero attached hydrogens (tertiary/aromatic N) is 1. The van der Waals surface area contributed by atoms with Crippen LogP contribution in [0.25, 0.3) is 11.3 Å². The van der Waals surface area contributed by atoms with Crippen molar-refractivity contribution in [1.82, 2.24) is 9.97 Å². The van der Waals surface area contributed by atoms with Crippen LogP contribution in [0.5, 0.6) is 0 Å². The van der Waals surface area contributed by atoms with Gasteiger partial charge in [0.15, 0.2) is 0 Å². The zero-order chi connectivity index (χ0) is 10.7. The molecule has 76 valence electrons. The number of carboxylic acids is 1. The van der Waals surface area contributed by atoms with E-state index in [2.05, 4.69) is 9.97 Å². The van der Waals surface area contributed by atoms with Gasteiger partial charge in [-0.05, 0) is 18.2 Å². The third-order valence-corrected chi connectivity index (χ3v) is 2.05. The smallest absolute Gasteiger partial charge is 0.309 e. The third-order valence-electron chi connectivity index (χ3n) is 2.05. The predicted molar refractivity (Wildman–Crippen MR) is 55.4 cm³/mol. The van der Waals surface area contributed by atoms with Crippen molar-refractivity contribution in [2.45, 2.75) is 6.42 Å². The molecule has 0 bridgehead atoms. The number of hydrogen-bond donors (Lipinski definition) is 2. The van der Waals surface area contributed by atoms with Crippen molar-refractivity contribution in [2.75, 3.05) is 0 Å². The average Bonchev–Trinajstić information content (AvgIpc) is 2.67. The van der Waals surface area contributed by atoms with Crippen molar-refractivity contribution in [3.8, 4) is 11.3 Å². The Balaban J connectivity index is 2.24. The van der Waals surface area contributed by atoms with E-state index in [1.165, 1.54) is 0 Å². The molecule has 0 aliphatic heterocycles. The first-order chi connectivity index (χ1) is 7.25. The molecule has 0 aromatic carbocycles. The van der Waals surface area contributed by atoms with Crippen LogP contribution in [-0.4, -0.2) is 21.0 Å². The summed E-state index contributed by atoms with van der Waals surface area (Å²) in [5.74, 6) is -0.843. The van der Waals surface area contributed by atoms with Gasteiger partial charge in [-0.2, -0.15) is 0 Å². The summed E-state index contributed by atoms with van der Waals surface area (Å²) >= 11 is 0. The van der Waals surface area contributed by atoms with Crippen LogP contribution in [0.4, 0.5) is 0 Å². The van der Waals surface area contributed by atoms with E-state index < -0.39 is 5.97 Å². The number of rotatable bonds is 3. The molecule has 0 aliphatic carbocycles. The highest BCUT2D eigenvalue weighted by atomic mass is 16.4. The number of aromatic amines is 1. The van der Waals surface area contributed by atoms with Crippen molar-refractivity contribution in [2.24, 2.45) is 0 Å². The standard InChI is InChI=1S/C11H10N2O2/c14-11(15)6-9-5-8(7-13-9)10-3-1-2-4-12-10/h1-5,7,13H,6H2,(H,14,15). The van der Waals surface area contributed by atoms with Crippen LogP contribution in [0, 0.1) is 0 Å². The molecule has 0 fully saturated rings. The van der Waals surface area contributed by atoms with E-state index in [9.17, 15) is 4.79 Å². The van der Waals surface area contributed by atoms with E-state index in [0.717, 1.165) is 11.3 Å². The molecule has 0 saturated carbocycles. The molecule has 0 radical (unpaired) electrons. The molecule has 0 amide bonds. The molecule has 0 atom stereocenters. The lowest BCUT2D eigenvalue weighted by atomic mass is 10.2. The lowest BCUT2D eigenvalue weighted by Crippen LogP contribution is -1.99. The lowest BCUT2D eigenvalue weighted by Gasteiger charge is -1.93. The second kappa shape index (κ2) is 3.96. The van der Waals surface area contributed by atoms with E-state index in [1.807, 2.05) is 18.2 Å². The van der Waals surface area contributed by atoms with Crippen molar-refractivity contribution >= 4 is 5.97 Å². The molecule has 2 N–H and O–H groups in total. The largest absolute Gasteiger partial charge is 0.481 e. The Labute approximate surface area is 86.6 Å². The summed E-state index contributed by atoms with van der Waals surface area (Å²) in [7, 11) is 0. The van der Waals surface area contributed by atoms with Gasteiger partial charge in [0, 0.05) is 23.7 Å². The number of nitrogens with one attached hydrogen (secondary N) is 1. The first kappa shape index (κ1) is 9.45. The highest BCUT2D eigenvalue weighted by Gasteiger charge is 2.05. The zero-order valence-electron chi connectivity index (χ0n) is 7.97. The maximum absolute atomic E-state index is 10.5. The van der Waals surface area contributed by atoms with Crippen molar-refractivity contribution in [3.63, 3.8) is 0 Å². The molecule has 0 saturated heterocycles. The minimum Gasteiger partial charge on any atom is -0.481 e. The minimum atomic E-state index is -0.843. The number of aromatic nitrogens is 2. The van der Waals surface area contributed by atoms with Crippen LogP contribution in [0.15, 0.2) is 36.7 Å². The van der Waals surface area contributed by atoms with E-state index in [-0.39, 0.29) is 6.42 Å². The van der Waals surface area contributed by atoms with Gasteiger partial charge in [0.25, 0.3) is 0 Å². The lowest BCUT2D eigenvalue weighted by molar-refractivity contribution is -0.136. The molecule has 4 nitrogen and oxygen atoms in total. The Morgan fingerprint density at radius 3 is 3.00 bits per heavy atom. The molecule has 15 heavy (non-hydrogen) atoms. The maximum Gasteiger partial charge on any atom is 0.309 e. The second-order valence-electron chi connectivity index (χ2n) is 3.20. The Kier molecular flexibility index (Phi) is 2.49. The van der Waals surface area contributed by atoms with Crippen molar-refractivity contribution in [1.29, 1.82) is 0 Å². The van der Waals surface area contributed by atoms with Crippen LogP contribution < -0.4 is 0 Å². The molecular formula is C11H10N2O2. The normalized spacial score (nSPS) is 10.1. The number of carboxylic acid groups (broad SMARTS) is 1. The van der Waals surface area contributed by atoms with E-state index in [1.54, 1.807) is 18.5 Å². The fourth-order valence-electron chi connectivity index (χ4n) is 1.39. The van der Waals surface area contributed by atoms with Gasteiger partial charge in [-0.25, -0.2) is 0 Å². The summed E-state index contributed by atoms with van der Waals surface area (Å²) in [6.07, 6.45) is 3.48. The van der Waals surface area contributed by atoms with Gasteiger partial charge in [-0.3, -0.25) is 9.78 Å². The van der Waals surface area contributed by atoms with Gasteiger partial charge in [0.05, 0.1) is 12.1 Å². The van der Waals surface area contributed by atoms with Crippen molar-refractivity contribution < 1.29 is 9.90 Å². The molecule has 4 heteroatoms. The summed E-state index contributed by atoms with van der Waals surface area (Å²) < 4.78 is 0. The molecule has 2 rings (SSSR count). The number of carbonyl (C=O) groups is 1. The van der Waals surface area contributed by atoms with E-state index in [4.69, 9.17) is 5.11 Å². The Bertz CT molecular complexity index is 462. The topological polar surface area (TPSA) is 66.0 Å². The van der Waals surface area contributed by atoms with E-state index >= 15 is 0 Å². The summed E-state index contributed by atoms with van der Waals surface area (Å²) in [5, 5.41) is 8.61. The zero-order valence-corrected chi connectivity index (χ0v) is 7.97. The summed E-state index contributed by atoms with van der Waals surface area (Å²) in [5.41, 5.74) is 2.43. The number of H-pyrrole nitrogens is 1. The summed E-state index contributed by atoms with van der Waals surface area (Å²) in [4.78, 5) is 17.6. The van der Waals surface area contributed by atoms with Crippen LogP contribution in [0.3, 0.4) is 0 Å². The van der Waals surface area contributed by atoms with Gasteiger partial charge < -0.3 is 10.1 Å². The molecule has 0 aliphatic rings. The van der Waals surface area contributed by atoms with Crippen LogP contribution in [0.1, 0.15) is 5.69 Å². The highest BCUT2D eigenvalue weighted by Crippen LogP contribution is 2.17. The SMILES string of the molecule is O=C(O)Cc1cc(-c2ccccn2)c[nH]1. The van der Waals surface area contributed by atoms with Gasteiger partial charge in [-0.15, -0.1) is 0 Å². The van der Waals surface area contributed by atoms with Gasteiger partial charge in [-0.1, -0.05) is 6.07 Å². The predicted octanol–water partition coefficient (Wildman–Crippen LogP) is 1.70. The number of pyridine rings is 1. The van der Waals surface area contributed by atoms with Crippen LogP contribution in [-0.2, 0) is 11.2 Å². The molecule has 2 heterocycles. The maximum atomic E-state index is 10.5. The van der Waals surface area contributed by atoms with E-state index in [0.29, 0.717) is 5.69 Å². The Morgan fingerprint density at radius 2 is 2.33 bits per heavy atom. The quantitative estimate of drug-likeness (QED) is 0.796. The van der Waals surface area contributed by atoms with Crippen molar-refractivity contribution in [3.05, 3.63) is 42.4 Å². The molecular weight excluding hydrogens is 192 g/mol. The average molecular weight is 202 g/mol. The first-order valence-electron chi connectivity index (χ1n) is 4.56. The molecule has 2 aromatic rings. The van der Waals surface area contributed by atoms with Gasteiger partial charge in [0.2, 0.25) is 0 Å². The fourth-order valence-corrected chi connectivity index (χ4v) is 1.39. The van der Waals surface area contributed by atoms with Crippen LogP contribution in [0.2, 0.25) is 0 Å². The van der Waals surface area contributed by atoms with Gasteiger partial charge in [0.1, 0.15) is 0 Å². The highest BCUT2D eigenvalue weighted by molar-refractivity contribution is 5.71. The second-order valence-corrected chi connectivity index (χ2v) is 3.20. The summed E-state index contributed by atoms with van der Waals surface area (Å²) in [6.45, 7) is 0. The Hall–Kier alpha value is -2.10. The molecule has 0 unspecified atom stereocenters. The Morgan fingerprint density at radius 1 is 1.47 bits per heavy atom. The first-order valence-corrected chi connectivity index (χ1v) is 4.56. The van der Waals surface area contributed by atoms with Crippen LogP contribution >= 0.6 is 0 Å². The number of aliphatic carboxylic acids is 1. The molecule has 0 spiro atoms. The minimum absolute atomic E-state index is 0.00678. The van der Waals surface area contributed by atoms with Gasteiger partial charge >= 0.3 is 5.97 Å².